The van der Waals surface area contributed by atoms with Crippen molar-refractivity contribution in [3.8, 4) is 0 Å². The smallest absolute Gasteiger partial charge is 0.273 e. The summed E-state index contributed by atoms with van der Waals surface area (Å²) in [5, 5.41) is 10.7. The molecule has 5 rings (SSSR count). The number of aryl methyl sites for hydroxylation is 4. The molecule has 0 saturated carbocycles. The molecule has 3 aromatic heterocycles. The zero-order valence-electron chi connectivity index (χ0n) is 17.3. The van der Waals surface area contributed by atoms with E-state index in [0.717, 1.165) is 33.7 Å². The minimum atomic E-state index is -0.206. The Kier molecular flexibility index (Phi) is 4.82. The van der Waals surface area contributed by atoms with Crippen LogP contribution in [0.15, 0.2) is 59.4 Å². The second-order valence-electron chi connectivity index (χ2n) is 7.71. The van der Waals surface area contributed by atoms with E-state index in [4.69, 9.17) is 11.6 Å². The van der Waals surface area contributed by atoms with Crippen LogP contribution in [0.5, 0.6) is 0 Å². The number of hydrogen-bond acceptors (Lipinski definition) is 3. The highest BCUT2D eigenvalue weighted by Crippen LogP contribution is 2.20. The zero-order chi connectivity index (χ0) is 21.5. The first-order valence-electron chi connectivity index (χ1n) is 10.2. The standard InChI is InChI=1S/C23H21ClN6O/c1-15-13-16(2)29(26-15)12-11-21-25-22-18-8-4-6-10-20(18)28(23(31)30(22)27-21)14-17-7-3-5-9-19(17)24/h3-10,13H,11-12,14H2,1-2H3/p+1. The summed E-state index contributed by atoms with van der Waals surface area (Å²) in [4.78, 5) is 16.7. The second kappa shape index (κ2) is 7.67. The molecule has 0 aliphatic heterocycles. The molecule has 0 unspecified atom stereocenters. The van der Waals surface area contributed by atoms with Crippen molar-refractivity contribution in [2.75, 3.05) is 0 Å². The lowest BCUT2D eigenvalue weighted by Gasteiger charge is -2.09. The Morgan fingerprint density at radius 1 is 1.03 bits per heavy atom. The average Bonchev–Trinajstić information content (AvgIpc) is 3.33. The van der Waals surface area contributed by atoms with Gasteiger partial charge in [0.1, 0.15) is 0 Å². The lowest BCUT2D eigenvalue weighted by atomic mass is 10.2. The number of nitrogens with one attached hydrogen (secondary N) is 1. The van der Waals surface area contributed by atoms with Crippen LogP contribution in [0.2, 0.25) is 5.02 Å². The molecule has 0 fully saturated rings. The van der Waals surface area contributed by atoms with Crippen LogP contribution in [0.25, 0.3) is 16.6 Å². The van der Waals surface area contributed by atoms with Crippen LogP contribution < -0.4 is 10.7 Å². The average molecular weight is 434 g/mol. The van der Waals surface area contributed by atoms with Crippen LogP contribution in [0.4, 0.5) is 0 Å². The number of aromatic nitrogens is 6. The molecule has 0 bridgehead atoms. The molecule has 0 amide bonds. The Labute approximate surface area is 183 Å². The van der Waals surface area contributed by atoms with Gasteiger partial charge in [0.25, 0.3) is 11.5 Å². The molecule has 3 heterocycles. The molecule has 0 aliphatic rings. The minimum absolute atomic E-state index is 0.206. The van der Waals surface area contributed by atoms with Gasteiger partial charge in [0.15, 0.2) is 0 Å². The Balaban J connectivity index is 1.60. The Morgan fingerprint density at radius 3 is 2.58 bits per heavy atom. The predicted molar refractivity (Wildman–Crippen MR) is 119 cm³/mol. The van der Waals surface area contributed by atoms with Crippen molar-refractivity contribution in [2.45, 2.75) is 33.4 Å². The van der Waals surface area contributed by atoms with E-state index in [1.54, 1.807) is 4.57 Å². The third-order valence-electron chi connectivity index (χ3n) is 5.51. The number of fused-ring (bicyclic) bond motifs is 3. The molecule has 0 spiro atoms. The molecule has 2 aromatic carbocycles. The van der Waals surface area contributed by atoms with Crippen molar-refractivity contribution in [3.63, 3.8) is 0 Å². The highest BCUT2D eigenvalue weighted by Gasteiger charge is 2.22. The number of H-pyrrole nitrogens is 1. The quantitative estimate of drug-likeness (QED) is 0.427. The fraction of sp³-hybridized carbons (Fsp3) is 0.217. The van der Waals surface area contributed by atoms with Gasteiger partial charge in [-0.3, -0.25) is 9.25 Å². The van der Waals surface area contributed by atoms with Crippen LogP contribution in [0, 0.1) is 13.8 Å². The van der Waals surface area contributed by atoms with Gasteiger partial charge in [-0.1, -0.05) is 41.9 Å². The third kappa shape index (κ3) is 3.51. The lowest BCUT2D eigenvalue weighted by Crippen LogP contribution is -2.29. The van der Waals surface area contributed by atoms with Crippen molar-refractivity contribution >= 4 is 28.2 Å². The summed E-state index contributed by atoms with van der Waals surface area (Å²) in [6, 6.07) is 17.5. The molecule has 0 saturated heterocycles. The van der Waals surface area contributed by atoms with Crippen LogP contribution in [0.3, 0.4) is 0 Å². The molecule has 7 nitrogen and oxygen atoms in total. The highest BCUT2D eigenvalue weighted by atomic mass is 35.5. The summed E-state index contributed by atoms with van der Waals surface area (Å²) in [6.45, 7) is 5.07. The number of para-hydroxylation sites is 1. The molecule has 5 aromatic rings. The van der Waals surface area contributed by atoms with E-state index in [0.29, 0.717) is 30.2 Å². The first-order valence-corrected chi connectivity index (χ1v) is 10.6. The van der Waals surface area contributed by atoms with Gasteiger partial charge < -0.3 is 0 Å². The molecule has 0 atom stereocenters. The van der Waals surface area contributed by atoms with Crippen molar-refractivity contribution in [1.29, 1.82) is 0 Å². The fourth-order valence-corrected chi connectivity index (χ4v) is 4.20. The zero-order valence-corrected chi connectivity index (χ0v) is 18.1. The van der Waals surface area contributed by atoms with Crippen LogP contribution >= 0.6 is 11.6 Å². The summed E-state index contributed by atoms with van der Waals surface area (Å²) in [7, 11) is 0. The van der Waals surface area contributed by atoms with Gasteiger partial charge in [-0.25, -0.2) is 9.78 Å². The fourth-order valence-electron chi connectivity index (χ4n) is 4.01. The van der Waals surface area contributed by atoms with Gasteiger partial charge in [-0.05, 0) is 48.2 Å². The predicted octanol–water partition coefficient (Wildman–Crippen LogP) is 3.22. The Hall–Kier alpha value is -3.45. The SMILES string of the molecule is Cc1cc(C)n(CCc2nn3c(=O)n(Cc4ccccc4Cl)c4ccccc4c3[nH+]2)n1. The first-order chi connectivity index (χ1) is 15.0. The van der Waals surface area contributed by atoms with Crippen LogP contribution in [-0.2, 0) is 19.5 Å². The molecule has 156 valence electrons. The second-order valence-corrected chi connectivity index (χ2v) is 8.12. The number of halogens is 1. The molecule has 0 radical (unpaired) electrons. The monoisotopic (exact) mass is 433 g/mol. The topological polar surface area (TPSA) is 71.3 Å². The van der Waals surface area contributed by atoms with E-state index in [9.17, 15) is 4.79 Å². The van der Waals surface area contributed by atoms with E-state index < -0.39 is 0 Å². The van der Waals surface area contributed by atoms with E-state index >= 15 is 0 Å². The molecule has 0 aliphatic carbocycles. The summed E-state index contributed by atoms with van der Waals surface area (Å²) >= 11 is 6.36. The van der Waals surface area contributed by atoms with E-state index in [2.05, 4.69) is 15.2 Å². The van der Waals surface area contributed by atoms with Crippen molar-refractivity contribution < 1.29 is 4.98 Å². The molecule has 31 heavy (non-hydrogen) atoms. The van der Waals surface area contributed by atoms with Gasteiger partial charge in [-0.15, -0.1) is 0 Å². The number of hydrogen-bond donors (Lipinski definition) is 0. The van der Waals surface area contributed by atoms with Crippen LogP contribution in [-0.4, -0.2) is 24.0 Å². The van der Waals surface area contributed by atoms with E-state index in [-0.39, 0.29) is 5.69 Å². The number of rotatable bonds is 5. The van der Waals surface area contributed by atoms with E-state index in [1.165, 1.54) is 4.52 Å². The third-order valence-corrected chi connectivity index (χ3v) is 5.88. The Morgan fingerprint density at radius 2 is 1.81 bits per heavy atom. The number of benzene rings is 2. The number of aromatic amines is 1. The minimum Gasteiger partial charge on any atom is -0.273 e. The maximum atomic E-state index is 13.4. The number of nitrogens with zero attached hydrogens (tertiary/aromatic N) is 5. The van der Waals surface area contributed by atoms with Gasteiger partial charge in [0.05, 0.1) is 41.2 Å². The molecule has 1 N–H and O–H groups in total. The first kappa shape index (κ1) is 19.5. The van der Waals surface area contributed by atoms with Gasteiger partial charge in [0, 0.05) is 10.7 Å². The summed E-state index contributed by atoms with van der Waals surface area (Å²) in [5.74, 6) is 0.741. The summed E-state index contributed by atoms with van der Waals surface area (Å²) in [5.41, 5.74) is 4.30. The lowest BCUT2D eigenvalue weighted by molar-refractivity contribution is -0.358. The van der Waals surface area contributed by atoms with Crippen molar-refractivity contribution in [3.05, 3.63) is 92.9 Å². The normalized spacial score (nSPS) is 11.6. The van der Waals surface area contributed by atoms with Gasteiger partial charge in [0.2, 0.25) is 0 Å². The Bertz CT molecular complexity index is 1480. The van der Waals surface area contributed by atoms with Gasteiger partial charge >= 0.3 is 5.69 Å². The van der Waals surface area contributed by atoms with E-state index in [1.807, 2.05) is 73.1 Å². The molecular weight excluding hydrogens is 412 g/mol. The van der Waals surface area contributed by atoms with Crippen molar-refractivity contribution in [1.82, 2.24) is 24.0 Å². The van der Waals surface area contributed by atoms with Crippen molar-refractivity contribution in [2.24, 2.45) is 0 Å². The van der Waals surface area contributed by atoms with Gasteiger partial charge in [-0.2, -0.15) is 5.10 Å². The molecular formula is C23H22ClN6O+. The summed E-state index contributed by atoms with van der Waals surface area (Å²) < 4.78 is 5.13. The highest BCUT2D eigenvalue weighted by molar-refractivity contribution is 6.31. The largest absolute Gasteiger partial charge is 0.423 e. The van der Waals surface area contributed by atoms with Crippen LogP contribution in [0.1, 0.15) is 22.8 Å². The maximum absolute atomic E-state index is 13.4. The summed E-state index contributed by atoms with van der Waals surface area (Å²) in [6.07, 6.45) is 0.641. The maximum Gasteiger partial charge on any atom is 0.423 e. The molecule has 8 heteroatoms.